The summed E-state index contributed by atoms with van der Waals surface area (Å²) < 4.78 is 5.05. The summed E-state index contributed by atoms with van der Waals surface area (Å²) in [5.74, 6) is -2.35. The van der Waals surface area contributed by atoms with Crippen molar-refractivity contribution in [3.63, 3.8) is 0 Å². The van der Waals surface area contributed by atoms with E-state index in [2.05, 4.69) is 17.4 Å². The zero-order valence-corrected chi connectivity index (χ0v) is 20.8. The molecule has 2 aliphatic rings. The highest BCUT2D eigenvalue weighted by Gasteiger charge is 2.50. The topological polar surface area (TPSA) is 136 Å². The van der Waals surface area contributed by atoms with Crippen LogP contribution in [-0.2, 0) is 19.1 Å². The van der Waals surface area contributed by atoms with E-state index < -0.39 is 23.4 Å². The number of amides is 3. The van der Waals surface area contributed by atoms with E-state index in [1.54, 1.807) is 0 Å². The van der Waals surface area contributed by atoms with Crippen LogP contribution in [0.15, 0.2) is 78.9 Å². The highest BCUT2D eigenvalue weighted by atomic mass is 16.6. The Morgan fingerprint density at radius 3 is 2.36 bits per heavy atom. The number of carbonyl (C=O) groups is 4. The number of rotatable bonds is 7. The van der Waals surface area contributed by atoms with Crippen LogP contribution in [0.4, 0.5) is 17.1 Å². The Kier molecular flexibility index (Phi) is 7.18. The molecule has 3 aromatic carbocycles. The fourth-order valence-corrected chi connectivity index (χ4v) is 5.32. The maximum absolute atomic E-state index is 13.3. The number of nitro groups is 1. The van der Waals surface area contributed by atoms with Gasteiger partial charge >= 0.3 is 5.97 Å². The van der Waals surface area contributed by atoms with Crippen LogP contribution in [0.1, 0.15) is 41.1 Å². The number of non-ortho nitro benzene ring substituents is 1. The largest absolute Gasteiger partial charge is 0.452 e. The van der Waals surface area contributed by atoms with E-state index in [9.17, 15) is 29.3 Å². The first kappa shape index (κ1) is 25.8. The molecule has 1 saturated heterocycles. The summed E-state index contributed by atoms with van der Waals surface area (Å²) in [5, 5.41) is 13.3. The van der Waals surface area contributed by atoms with Gasteiger partial charge in [0.1, 0.15) is 0 Å². The molecule has 0 radical (unpaired) electrons. The number of fused-ring (bicyclic) bond motifs is 1. The number of benzene rings is 3. The molecule has 1 heterocycles. The van der Waals surface area contributed by atoms with E-state index in [0.717, 1.165) is 6.42 Å². The molecule has 0 spiro atoms. The molecule has 10 heteroatoms. The van der Waals surface area contributed by atoms with Gasteiger partial charge in [-0.25, -0.2) is 4.79 Å². The van der Waals surface area contributed by atoms with E-state index in [1.807, 2.05) is 18.2 Å². The number of anilines is 2. The number of ether oxygens (including phenoxy) is 1. The third kappa shape index (κ3) is 5.40. The van der Waals surface area contributed by atoms with E-state index in [-0.39, 0.29) is 46.5 Å². The quantitative estimate of drug-likeness (QED) is 0.207. The Bertz CT molecular complexity index is 1440. The van der Waals surface area contributed by atoms with Crippen molar-refractivity contribution in [2.45, 2.75) is 25.2 Å². The molecule has 2 fully saturated rings. The third-order valence-corrected chi connectivity index (χ3v) is 7.23. The van der Waals surface area contributed by atoms with Crippen molar-refractivity contribution in [3.05, 3.63) is 100 Å². The number of imide groups is 1. The molecule has 39 heavy (non-hydrogen) atoms. The van der Waals surface area contributed by atoms with Crippen molar-refractivity contribution >= 4 is 40.8 Å². The molecular formula is C29H25N3O7. The SMILES string of the molecule is O=C(COC(=O)c1ccc(N2C(=O)[C@@H]3CC[C@@H](c4ccccc4)C[C@H]3C2=O)cc1)Nc1cccc([N+](=O)[O-])c1. The highest BCUT2D eigenvalue weighted by Crippen LogP contribution is 2.45. The summed E-state index contributed by atoms with van der Waals surface area (Å²) in [7, 11) is 0. The van der Waals surface area contributed by atoms with Crippen LogP contribution in [0.25, 0.3) is 0 Å². The van der Waals surface area contributed by atoms with Crippen molar-refractivity contribution in [3.8, 4) is 0 Å². The molecule has 0 bridgehead atoms. The molecule has 3 atom stereocenters. The number of nitrogens with one attached hydrogen (secondary N) is 1. The first-order valence-corrected chi connectivity index (χ1v) is 12.6. The lowest BCUT2D eigenvalue weighted by atomic mass is 9.73. The molecule has 0 aromatic heterocycles. The molecular weight excluding hydrogens is 502 g/mol. The molecule has 1 aliphatic heterocycles. The van der Waals surface area contributed by atoms with Gasteiger partial charge < -0.3 is 10.1 Å². The summed E-state index contributed by atoms with van der Waals surface area (Å²) in [4.78, 5) is 62.5. The average Bonchev–Trinajstić information content (AvgIpc) is 3.21. The first-order valence-electron chi connectivity index (χ1n) is 12.6. The van der Waals surface area contributed by atoms with Crippen LogP contribution in [0, 0.1) is 22.0 Å². The van der Waals surface area contributed by atoms with Gasteiger partial charge in [0.2, 0.25) is 11.8 Å². The van der Waals surface area contributed by atoms with E-state index >= 15 is 0 Å². The maximum atomic E-state index is 13.3. The number of carbonyl (C=O) groups excluding carboxylic acids is 4. The summed E-state index contributed by atoms with van der Waals surface area (Å²) in [6.45, 7) is -0.599. The van der Waals surface area contributed by atoms with Crippen LogP contribution >= 0.6 is 0 Å². The standard InChI is InChI=1S/C29H25N3O7/c33-26(30-21-7-4-8-23(16-21)32(37)38)17-39-29(36)19-9-12-22(13-10-19)31-27(34)24-14-11-20(15-25(24)28(31)35)18-5-2-1-3-6-18/h1-10,12-13,16,20,24-25H,11,14-15,17H2,(H,30,33)/t20-,24-,25-/m1/s1. The van der Waals surface area contributed by atoms with Crippen molar-refractivity contribution in [2.75, 3.05) is 16.8 Å². The number of nitro benzene ring substituents is 1. The predicted octanol–water partition coefficient (Wildman–Crippen LogP) is 4.46. The number of esters is 1. The van der Waals surface area contributed by atoms with Gasteiger partial charge in [0.05, 0.1) is 28.0 Å². The van der Waals surface area contributed by atoms with Gasteiger partial charge in [0.15, 0.2) is 6.61 Å². The Morgan fingerprint density at radius 2 is 1.64 bits per heavy atom. The average molecular weight is 528 g/mol. The van der Waals surface area contributed by atoms with Crippen molar-refractivity contribution in [2.24, 2.45) is 11.8 Å². The number of nitrogens with zero attached hydrogens (tertiary/aromatic N) is 2. The fraction of sp³-hybridized carbons (Fsp3) is 0.241. The second-order valence-electron chi connectivity index (χ2n) is 9.62. The van der Waals surface area contributed by atoms with Crippen molar-refractivity contribution in [1.29, 1.82) is 0 Å². The van der Waals surface area contributed by atoms with Crippen LogP contribution in [0.5, 0.6) is 0 Å². The summed E-state index contributed by atoms with van der Waals surface area (Å²) in [5.41, 5.74) is 1.72. The lowest BCUT2D eigenvalue weighted by Crippen LogP contribution is -2.30. The minimum absolute atomic E-state index is 0.141. The normalized spacial score (nSPS) is 20.3. The summed E-state index contributed by atoms with van der Waals surface area (Å²) >= 11 is 0. The second kappa shape index (κ2) is 10.9. The van der Waals surface area contributed by atoms with E-state index in [1.165, 1.54) is 59.0 Å². The molecule has 1 saturated carbocycles. The van der Waals surface area contributed by atoms with Crippen LogP contribution in [0.3, 0.4) is 0 Å². The second-order valence-corrected chi connectivity index (χ2v) is 9.62. The van der Waals surface area contributed by atoms with Crippen LogP contribution in [0.2, 0.25) is 0 Å². The monoisotopic (exact) mass is 527 g/mol. The van der Waals surface area contributed by atoms with E-state index in [0.29, 0.717) is 18.5 Å². The predicted molar refractivity (Wildman–Crippen MR) is 141 cm³/mol. The molecule has 1 N–H and O–H groups in total. The zero-order valence-electron chi connectivity index (χ0n) is 20.8. The van der Waals surface area contributed by atoms with E-state index in [4.69, 9.17) is 4.74 Å². The van der Waals surface area contributed by atoms with Crippen molar-refractivity contribution in [1.82, 2.24) is 0 Å². The van der Waals surface area contributed by atoms with Gasteiger partial charge in [-0.2, -0.15) is 0 Å². The third-order valence-electron chi connectivity index (χ3n) is 7.23. The summed E-state index contributed by atoms with van der Waals surface area (Å²) in [6.07, 6.45) is 2.12. The Labute approximate surface area is 223 Å². The molecule has 0 unspecified atom stereocenters. The van der Waals surface area contributed by atoms with Crippen LogP contribution in [-0.4, -0.2) is 35.2 Å². The molecule has 10 nitrogen and oxygen atoms in total. The van der Waals surface area contributed by atoms with Gasteiger partial charge in [-0.3, -0.25) is 29.4 Å². The fourth-order valence-electron chi connectivity index (χ4n) is 5.32. The Morgan fingerprint density at radius 1 is 0.923 bits per heavy atom. The lowest BCUT2D eigenvalue weighted by molar-refractivity contribution is -0.384. The Balaban J connectivity index is 1.19. The van der Waals surface area contributed by atoms with Gasteiger partial charge in [-0.05, 0) is 61.1 Å². The smallest absolute Gasteiger partial charge is 0.338 e. The molecule has 1 aliphatic carbocycles. The van der Waals surface area contributed by atoms with Gasteiger partial charge in [-0.1, -0.05) is 36.4 Å². The highest BCUT2D eigenvalue weighted by molar-refractivity contribution is 6.22. The molecule has 3 aromatic rings. The minimum atomic E-state index is -0.769. The zero-order chi connectivity index (χ0) is 27.5. The molecule has 3 amide bonds. The van der Waals surface area contributed by atoms with Gasteiger partial charge in [0.25, 0.3) is 11.6 Å². The summed E-state index contributed by atoms with van der Waals surface area (Å²) in [6, 6.07) is 21.3. The van der Waals surface area contributed by atoms with Gasteiger partial charge in [0, 0.05) is 17.8 Å². The number of hydrogen-bond donors (Lipinski definition) is 1. The maximum Gasteiger partial charge on any atom is 0.338 e. The lowest BCUT2D eigenvalue weighted by Gasteiger charge is -2.28. The number of hydrogen-bond acceptors (Lipinski definition) is 7. The van der Waals surface area contributed by atoms with Crippen LogP contribution < -0.4 is 10.2 Å². The Hall–Kier alpha value is -4.86. The minimum Gasteiger partial charge on any atom is -0.452 e. The molecule has 198 valence electrons. The first-order chi connectivity index (χ1) is 18.8. The van der Waals surface area contributed by atoms with Gasteiger partial charge in [-0.15, -0.1) is 0 Å². The van der Waals surface area contributed by atoms with Crippen molar-refractivity contribution < 1.29 is 28.8 Å². The molecule has 5 rings (SSSR count).